The maximum Gasteiger partial charge on any atom is 0.213 e. The van der Waals surface area contributed by atoms with Crippen LogP contribution in [-0.4, -0.2) is 33.7 Å². The zero-order valence-corrected chi connectivity index (χ0v) is 7.06. The largest absolute Gasteiger partial charge is 0.370 e. The summed E-state index contributed by atoms with van der Waals surface area (Å²) in [5.74, 6) is -0.196. The van der Waals surface area contributed by atoms with Gasteiger partial charge in [0, 0.05) is 0 Å². The van der Waals surface area contributed by atoms with E-state index in [1.165, 1.54) is 7.05 Å². The lowest BCUT2D eigenvalue weighted by atomic mass is 10.8. The van der Waals surface area contributed by atoms with Crippen LogP contribution in [0.4, 0.5) is 0 Å². The summed E-state index contributed by atoms with van der Waals surface area (Å²) in [5.41, 5.74) is 9.95. The zero-order valence-electron chi connectivity index (χ0n) is 6.24. The summed E-state index contributed by atoms with van der Waals surface area (Å²) in [7, 11) is -1.85. The van der Waals surface area contributed by atoms with Gasteiger partial charge in [-0.2, -0.15) is 0 Å². The molecule has 0 aromatic heterocycles. The topological polar surface area (TPSA) is 111 Å². The van der Waals surface area contributed by atoms with E-state index in [2.05, 4.69) is 9.71 Å². The van der Waals surface area contributed by atoms with Crippen LogP contribution in [0.25, 0.3) is 0 Å². The lowest BCUT2D eigenvalue weighted by Gasteiger charge is -1.97. The second kappa shape index (κ2) is 4.14. The minimum Gasteiger partial charge on any atom is -0.370 e. The molecule has 5 N–H and O–H groups in total. The molecule has 7 heteroatoms. The molecule has 0 heterocycles. The van der Waals surface area contributed by atoms with Crippen LogP contribution in [0, 0.1) is 0 Å². The normalized spacial score (nSPS) is 11.0. The summed E-state index contributed by atoms with van der Waals surface area (Å²) < 4.78 is 23.6. The summed E-state index contributed by atoms with van der Waals surface area (Å²) in [6.07, 6.45) is 0. The van der Waals surface area contributed by atoms with Crippen LogP contribution in [0.3, 0.4) is 0 Å². The average molecular weight is 180 g/mol. The molecule has 0 bridgehead atoms. The van der Waals surface area contributed by atoms with E-state index in [1.54, 1.807) is 0 Å². The quantitative estimate of drug-likeness (QED) is 0.337. The van der Waals surface area contributed by atoms with Gasteiger partial charge in [0.2, 0.25) is 10.0 Å². The summed E-state index contributed by atoms with van der Waals surface area (Å²) in [4.78, 5) is 3.51. The Labute approximate surface area is 65.7 Å². The molecule has 0 fully saturated rings. The standard InChI is InChI=1S/C4H12N4O2S/c1-7-11(9,10)3-2-8-4(5)6/h7H,2-3H2,1H3,(H4,5,6,8). The Kier molecular flexibility index (Phi) is 3.83. The van der Waals surface area contributed by atoms with Crippen molar-refractivity contribution < 1.29 is 8.42 Å². The van der Waals surface area contributed by atoms with E-state index in [-0.39, 0.29) is 18.3 Å². The first kappa shape index (κ1) is 10.2. The number of rotatable bonds is 4. The lowest BCUT2D eigenvalue weighted by Crippen LogP contribution is -2.27. The van der Waals surface area contributed by atoms with Gasteiger partial charge in [-0.25, -0.2) is 13.1 Å². The second-order valence-corrected chi connectivity index (χ2v) is 3.88. The molecule has 0 aromatic rings. The number of guanidine groups is 1. The number of aliphatic imine (C=N–C) groups is 1. The molecule has 0 spiro atoms. The van der Waals surface area contributed by atoms with Crippen molar-refractivity contribution >= 4 is 16.0 Å². The van der Waals surface area contributed by atoms with Gasteiger partial charge in [0.05, 0.1) is 12.3 Å². The van der Waals surface area contributed by atoms with E-state index in [0.717, 1.165) is 0 Å². The first-order valence-corrected chi connectivity index (χ1v) is 4.60. The van der Waals surface area contributed by atoms with Crippen LogP contribution < -0.4 is 16.2 Å². The average Bonchev–Trinajstić information content (AvgIpc) is 1.87. The van der Waals surface area contributed by atoms with Crippen LogP contribution in [0.1, 0.15) is 0 Å². The first-order valence-electron chi connectivity index (χ1n) is 2.94. The summed E-state index contributed by atoms with van der Waals surface area (Å²) in [5, 5.41) is 0. The van der Waals surface area contributed by atoms with Crippen molar-refractivity contribution in [2.24, 2.45) is 16.5 Å². The third kappa shape index (κ3) is 5.62. The molecular weight excluding hydrogens is 168 g/mol. The van der Waals surface area contributed by atoms with E-state index >= 15 is 0 Å². The van der Waals surface area contributed by atoms with Gasteiger partial charge in [0.15, 0.2) is 5.96 Å². The number of nitrogens with one attached hydrogen (secondary N) is 1. The smallest absolute Gasteiger partial charge is 0.213 e. The molecule has 0 aromatic carbocycles. The first-order chi connectivity index (χ1) is 4.98. The Morgan fingerprint density at radius 2 is 2.09 bits per heavy atom. The number of hydrogen-bond acceptors (Lipinski definition) is 3. The van der Waals surface area contributed by atoms with E-state index in [4.69, 9.17) is 11.5 Å². The Bertz CT molecular complexity index is 228. The predicted octanol–water partition coefficient (Wildman–Crippen LogP) is -2.19. The second-order valence-electron chi connectivity index (χ2n) is 1.83. The third-order valence-corrected chi connectivity index (χ3v) is 2.31. The van der Waals surface area contributed by atoms with Crippen LogP contribution in [0.5, 0.6) is 0 Å². The molecule has 0 rings (SSSR count). The molecule has 11 heavy (non-hydrogen) atoms. The van der Waals surface area contributed by atoms with Gasteiger partial charge in [-0.1, -0.05) is 0 Å². The molecule has 0 aliphatic rings. The lowest BCUT2D eigenvalue weighted by molar-refractivity contribution is 0.588. The van der Waals surface area contributed by atoms with Gasteiger partial charge >= 0.3 is 0 Å². The van der Waals surface area contributed by atoms with E-state index < -0.39 is 10.0 Å². The third-order valence-electron chi connectivity index (χ3n) is 0.965. The van der Waals surface area contributed by atoms with Gasteiger partial charge in [0.1, 0.15) is 0 Å². The zero-order chi connectivity index (χ0) is 8.91. The maximum atomic E-state index is 10.7. The SMILES string of the molecule is CNS(=O)(=O)CCN=C(N)N. The fourth-order valence-electron chi connectivity index (χ4n) is 0.397. The Balaban J connectivity index is 3.82. The maximum absolute atomic E-state index is 10.7. The van der Waals surface area contributed by atoms with Gasteiger partial charge in [0.25, 0.3) is 0 Å². The number of nitrogens with two attached hydrogens (primary N) is 2. The van der Waals surface area contributed by atoms with Gasteiger partial charge in [-0.05, 0) is 7.05 Å². The molecule has 0 aliphatic heterocycles. The van der Waals surface area contributed by atoms with Crippen molar-refractivity contribution in [1.29, 1.82) is 0 Å². The highest BCUT2D eigenvalue weighted by atomic mass is 32.2. The molecule has 0 saturated heterocycles. The summed E-state index contributed by atoms with van der Waals surface area (Å²) in [6.45, 7) is 0.0888. The number of hydrogen-bond donors (Lipinski definition) is 3. The fraction of sp³-hybridized carbons (Fsp3) is 0.750. The molecule has 0 aliphatic carbocycles. The van der Waals surface area contributed by atoms with Crippen LogP contribution in [0.15, 0.2) is 4.99 Å². The molecule has 66 valence electrons. The fourth-order valence-corrected chi connectivity index (χ4v) is 0.933. The minimum atomic E-state index is -3.18. The van der Waals surface area contributed by atoms with Crippen LogP contribution in [0.2, 0.25) is 0 Å². The van der Waals surface area contributed by atoms with E-state index in [9.17, 15) is 8.42 Å². The molecular formula is C4H12N4O2S. The van der Waals surface area contributed by atoms with Crippen molar-refractivity contribution in [1.82, 2.24) is 4.72 Å². The monoisotopic (exact) mass is 180 g/mol. The predicted molar refractivity (Wildman–Crippen MR) is 43.5 cm³/mol. The van der Waals surface area contributed by atoms with Gasteiger partial charge in [-0.15, -0.1) is 0 Å². The molecule has 0 atom stereocenters. The summed E-state index contributed by atoms with van der Waals surface area (Å²) >= 11 is 0. The van der Waals surface area contributed by atoms with Crippen LogP contribution in [-0.2, 0) is 10.0 Å². The van der Waals surface area contributed by atoms with E-state index in [1.807, 2.05) is 0 Å². The highest BCUT2D eigenvalue weighted by molar-refractivity contribution is 7.89. The Hall–Kier alpha value is -0.820. The highest BCUT2D eigenvalue weighted by Gasteiger charge is 2.04. The molecule has 6 nitrogen and oxygen atoms in total. The molecule has 0 radical (unpaired) electrons. The van der Waals surface area contributed by atoms with Crippen molar-refractivity contribution in [3.8, 4) is 0 Å². The van der Waals surface area contributed by atoms with E-state index in [0.29, 0.717) is 0 Å². The van der Waals surface area contributed by atoms with Crippen molar-refractivity contribution in [3.05, 3.63) is 0 Å². The Morgan fingerprint density at radius 1 is 1.55 bits per heavy atom. The van der Waals surface area contributed by atoms with Crippen LogP contribution >= 0.6 is 0 Å². The molecule has 0 saturated carbocycles. The van der Waals surface area contributed by atoms with Crippen molar-refractivity contribution in [2.75, 3.05) is 19.3 Å². The summed E-state index contributed by atoms with van der Waals surface area (Å²) in [6, 6.07) is 0. The number of sulfonamides is 1. The Morgan fingerprint density at radius 3 is 2.45 bits per heavy atom. The highest BCUT2D eigenvalue weighted by Crippen LogP contribution is 1.81. The van der Waals surface area contributed by atoms with Gasteiger partial charge < -0.3 is 11.5 Å². The molecule has 0 amide bonds. The minimum absolute atomic E-state index is 0.0888. The van der Waals surface area contributed by atoms with Crippen molar-refractivity contribution in [2.45, 2.75) is 0 Å². The number of nitrogens with zero attached hydrogens (tertiary/aromatic N) is 1. The van der Waals surface area contributed by atoms with Crippen molar-refractivity contribution in [3.63, 3.8) is 0 Å². The molecule has 0 unspecified atom stereocenters. The van der Waals surface area contributed by atoms with Gasteiger partial charge in [-0.3, -0.25) is 4.99 Å².